The molecule has 0 fully saturated rings. The van der Waals surface area contributed by atoms with Gasteiger partial charge in [0.15, 0.2) is 0 Å². The van der Waals surface area contributed by atoms with Gasteiger partial charge in [0.25, 0.3) is 0 Å². The van der Waals surface area contributed by atoms with Gasteiger partial charge < -0.3 is 0 Å². The lowest BCUT2D eigenvalue weighted by atomic mass is 10.1. The minimum absolute atomic E-state index is 0.144. The molecule has 0 spiro atoms. The smallest absolute Gasteiger partial charge is 0.123 e. The van der Waals surface area contributed by atoms with E-state index in [1.165, 1.54) is 18.2 Å². The van der Waals surface area contributed by atoms with E-state index in [9.17, 15) is 8.60 Å². The zero-order valence-electron chi connectivity index (χ0n) is 10.4. The molecule has 0 saturated carbocycles. The highest BCUT2D eigenvalue weighted by molar-refractivity contribution is 7.84. The number of nitriles is 1. The third-order valence-corrected chi connectivity index (χ3v) is 4.34. The fraction of sp³-hybridized carbons (Fsp3) is 0.133. The largest absolute Gasteiger partial charge is 0.254 e. The van der Waals surface area contributed by atoms with Crippen molar-refractivity contribution in [2.75, 3.05) is 0 Å². The molecule has 1 atom stereocenters. The summed E-state index contributed by atoms with van der Waals surface area (Å²) in [5.41, 5.74) is 1.77. The van der Waals surface area contributed by atoms with E-state index in [1.54, 1.807) is 6.07 Å². The van der Waals surface area contributed by atoms with Crippen molar-refractivity contribution in [2.24, 2.45) is 0 Å². The van der Waals surface area contributed by atoms with Crippen molar-refractivity contribution in [3.63, 3.8) is 0 Å². The van der Waals surface area contributed by atoms with Gasteiger partial charge in [0, 0.05) is 4.90 Å². The molecule has 0 N–H and O–H groups in total. The SMILES string of the molecule is Cc1ccccc1S(=O)Cc1cc(F)ccc1C#N. The number of hydrogen-bond acceptors (Lipinski definition) is 2. The predicted molar refractivity (Wildman–Crippen MR) is 72.4 cm³/mol. The van der Waals surface area contributed by atoms with Gasteiger partial charge in [-0.05, 0) is 42.3 Å². The summed E-state index contributed by atoms with van der Waals surface area (Å²) in [7, 11) is -1.28. The van der Waals surface area contributed by atoms with Crippen molar-refractivity contribution >= 4 is 10.8 Å². The third-order valence-electron chi connectivity index (χ3n) is 2.81. The van der Waals surface area contributed by atoms with Gasteiger partial charge in [-0.3, -0.25) is 4.21 Å². The van der Waals surface area contributed by atoms with Gasteiger partial charge in [-0.2, -0.15) is 5.26 Å². The molecule has 2 aromatic rings. The highest BCUT2D eigenvalue weighted by Gasteiger charge is 2.11. The van der Waals surface area contributed by atoms with Crippen molar-refractivity contribution in [1.29, 1.82) is 5.26 Å². The van der Waals surface area contributed by atoms with E-state index >= 15 is 0 Å². The van der Waals surface area contributed by atoms with Gasteiger partial charge in [0.2, 0.25) is 0 Å². The van der Waals surface area contributed by atoms with Crippen LogP contribution in [0, 0.1) is 24.1 Å². The normalized spacial score (nSPS) is 11.8. The standard InChI is InChI=1S/C15H12FNOS/c1-11-4-2-3-5-15(11)19(18)10-13-8-14(16)7-6-12(13)9-17/h2-8H,10H2,1H3. The first-order valence-corrected chi connectivity index (χ1v) is 7.06. The number of aryl methyl sites for hydroxylation is 1. The van der Waals surface area contributed by atoms with E-state index in [0.717, 1.165) is 10.5 Å². The molecule has 0 aliphatic heterocycles. The Morgan fingerprint density at radius 3 is 2.68 bits per heavy atom. The maximum atomic E-state index is 13.2. The Morgan fingerprint density at radius 1 is 1.26 bits per heavy atom. The van der Waals surface area contributed by atoms with E-state index in [2.05, 4.69) is 0 Å². The van der Waals surface area contributed by atoms with Gasteiger partial charge in [0.05, 0.1) is 28.2 Å². The summed E-state index contributed by atoms with van der Waals surface area (Å²) in [4.78, 5) is 0.718. The van der Waals surface area contributed by atoms with Crippen LogP contribution in [0.5, 0.6) is 0 Å². The van der Waals surface area contributed by atoms with Gasteiger partial charge in [-0.1, -0.05) is 18.2 Å². The molecule has 0 saturated heterocycles. The van der Waals surface area contributed by atoms with Gasteiger partial charge in [-0.25, -0.2) is 4.39 Å². The Bertz CT molecular complexity index is 676. The molecule has 0 radical (unpaired) electrons. The second-order valence-corrected chi connectivity index (χ2v) is 5.59. The summed E-state index contributed by atoms with van der Waals surface area (Å²) in [5.74, 6) is -0.276. The Morgan fingerprint density at radius 2 is 2.00 bits per heavy atom. The minimum atomic E-state index is -1.28. The molecular formula is C15H12FNOS. The first-order valence-electron chi connectivity index (χ1n) is 5.74. The summed E-state index contributed by atoms with van der Waals surface area (Å²) < 4.78 is 25.5. The first kappa shape index (κ1) is 13.4. The first-order chi connectivity index (χ1) is 9.11. The summed E-state index contributed by atoms with van der Waals surface area (Å²) in [6.07, 6.45) is 0. The molecule has 0 amide bonds. The molecule has 0 aromatic heterocycles. The Labute approximate surface area is 114 Å². The van der Waals surface area contributed by atoms with Crippen LogP contribution in [0.4, 0.5) is 4.39 Å². The number of nitrogens with zero attached hydrogens (tertiary/aromatic N) is 1. The monoisotopic (exact) mass is 273 g/mol. The van der Waals surface area contributed by atoms with Crippen LogP contribution in [0.3, 0.4) is 0 Å². The van der Waals surface area contributed by atoms with Crippen LogP contribution >= 0.6 is 0 Å². The van der Waals surface area contributed by atoms with Crippen LogP contribution in [0.15, 0.2) is 47.4 Å². The van der Waals surface area contributed by atoms with Crippen LogP contribution in [-0.4, -0.2) is 4.21 Å². The van der Waals surface area contributed by atoms with Crippen LogP contribution in [-0.2, 0) is 16.6 Å². The van der Waals surface area contributed by atoms with Crippen LogP contribution in [0.1, 0.15) is 16.7 Å². The number of rotatable bonds is 3. The Kier molecular flexibility index (Phi) is 4.08. The molecule has 2 nitrogen and oxygen atoms in total. The minimum Gasteiger partial charge on any atom is -0.254 e. The van der Waals surface area contributed by atoms with Gasteiger partial charge >= 0.3 is 0 Å². The summed E-state index contributed by atoms with van der Waals surface area (Å²) in [6.45, 7) is 1.88. The quantitative estimate of drug-likeness (QED) is 0.860. The molecule has 0 bridgehead atoms. The van der Waals surface area contributed by atoms with E-state index in [1.807, 2.05) is 31.2 Å². The molecule has 1 unspecified atom stereocenters. The third kappa shape index (κ3) is 3.07. The molecular weight excluding hydrogens is 261 g/mol. The second-order valence-electron chi connectivity index (χ2n) is 4.17. The fourth-order valence-electron chi connectivity index (χ4n) is 1.82. The predicted octanol–water partition coefficient (Wildman–Crippen LogP) is 3.31. The average molecular weight is 273 g/mol. The molecule has 0 aliphatic carbocycles. The van der Waals surface area contributed by atoms with Crippen molar-refractivity contribution < 1.29 is 8.60 Å². The summed E-state index contributed by atoms with van der Waals surface area (Å²) in [5, 5.41) is 8.98. The average Bonchev–Trinajstić information content (AvgIpc) is 2.39. The van der Waals surface area contributed by atoms with Crippen LogP contribution < -0.4 is 0 Å². The number of halogens is 1. The van der Waals surface area contributed by atoms with Crippen molar-refractivity contribution in [1.82, 2.24) is 0 Å². The molecule has 96 valence electrons. The summed E-state index contributed by atoms with van der Waals surface area (Å²) >= 11 is 0. The Balaban J connectivity index is 2.32. The lowest BCUT2D eigenvalue weighted by Gasteiger charge is -2.07. The molecule has 2 aromatic carbocycles. The highest BCUT2D eigenvalue weighted by atomic mass is 32.2. The van der Waals surface area contributed by atoms with Gasteiger partial charge in [-0.15, -0.1) is 0 Å². The van der Waals surface area contributed by atoms with E-state index in [0.29, 0.717) is 11.1 Å². The molecule has 19 heavy (non-hydrogen) atoms. The fourth-order valence-corrected chi connectivity index (χ4v) is 3.16. The van der Waals surface area contributed by atoms with Crippen molar-refractivity contribution in [3.8, 4) is 6.07 Å². The Hall–Kier alpha value is -1.99. The zero-order valence-corrected chi connectivity index (χ0v) is 11.2. The van der Waals surface area contributed by atoms with Crippen LogP contribution in [0.25, 0.3) is 0 Å². The maximum absolute atomic E-state index is 13.2. The summed E-state index contributed by atoms with van der Waals surface area (Å²) in [6, 6.07) is 13.3. The molecule has 4 heteroatoms. The van der Waals surface area contributed by atoms with Crippen molar-refractivity contribution in [3.05, 3.63) is 65.0 Å². The number of benzene rings is 2. The molecule has 2 rings (SSSR count). The maximum Gasteiger partial charge on any atom is 0.123 e. The molecule has 0 heterocycles. The lowest BCUT2D eigenvalue weighted by molar-refractivity contribution is 0.626. The van der Waals surface area contributed by atoms with Crippen molar-refractivity contribution in [2.45, 2.75) is 17.6 Å². The van der Waals surface area contributed by atoms with E-state index in [4.69, 9.17) is 5.26 Å². The molecule has 0 aliphatic rings. The van der Waals surface area contributed by atoms with E-state index in [-0.39, 0.29) is 5.75 Å². The number of hydrogen-bond donors (Lipinski definition) is 0. The van der Waals surface area contributed by atoms with Gasteiger partial charge in [0.1, 0.15) is 5.82 Å². The second kappa shape index (κ2) is 5.77. The van der Waals surface area contributed by atoms with E-state index < -0.39 is 16.6 Å². The topological polar surface area (TPSA) is 40.9 Å². The van der Waals surface area contributed by atoms with Crippen LogP contribution in [0.2, 0.25) is 0 Å². The lowest BCUT2D eigenvalue weighted by Crippen LogP contribution is -2.01. The zero-order chi connectivity index (χ0) is 13.8. The highest BCUT2D eigenvalue weighted by Crippen LogP contribution is 2.19.